The van der Waals surface area contributed by atoms with Gasteiger partial charge in [0, 0.05) is 25.0 Å². The molecular weight excluding hydrogens is 390 g/mol. The molecule has 156 valence electrons. The van der Waals surface area contributed by atoms with Crippen LogP contribution in [-0.4, -0.2) is 51.0 Å². The van der Waals surface area contributed by atoms with E-state index in [-0.39, 0.29) is 29.7 Å². The van der Waals surface area contributed by atoms with Crippen LogP contribution in [0.25, 0.3) is 0 Å². The van der Waals surface area contributed by atoms with E-state index in [1.54, 1.807) is 6.92 Å². The van der Waals surface area contributed by atoms with Crippen molar-refractivity contribution in [2.75, 3.05) is 13.1 Å². The topological polar surface area (TPSA) is 101 Å². The maximum atomic E-state index is 12.8. The normalized spacial score (nSPS) is 26.2. The molecule has 0 radical (unpaired) electrons. The molecule has 2 fully saturated rings. The van der Waals surface area contributed by atoms with Gasteiger partial charge >= 0.3 is 0 Å². The van der Waals surface area contributed by atoms with Gasteiger partial charge in [-0.25, -0.2) is 4.98 Å². The summed E-state index contributed by atoms with van der Waals surface area (Å²) in [6, 6.07) is -0.00202. The number of thiazole rings is 1. The highest BCUT2D eigenvalue weighted by Gasteiger charge is 2.58. The molecule has 2 aromatic heterocycles. The monoisotopic (exact) mass is 417 g/mol. The summed E-state index contributed by atoms with van der Waals surface area (Å²) in [5.41, 5.74) is 0.363. The van der Waals surface area contributed by atoms with Crippen LogP contribution in [0.2, 0.25) is 0 Å². The van der Waals surface area contributed by atoms with Gasteiger partial charge in [0.2, 0.25) is 11.8 Å². The lowest BCUT2D eigenvalue weighted by atomic mass is 9.80. The molecule has 1 saturated heterocycles. The van der Waals surface area contributed by atoms with E-state index >= 15 is 0 Å². The van der Waals surface area contributed by atoms with Crippen LogP contribution >= 0.6 is 11.3 Å². The zero-order chi connectivity index (χ0) is 20.9. The standard InChI is InChI=1S/C20H27N5O3S/c1-10(2)18(27)25-8-14-6-15(23-17(26)16-11(3)21-13(5)29-16)7-20(14,9-25)19-22-12(4)24-28-19/h10,14-15H,6-9H2,1-5H3,(H,23,26)/t14?,15-,20+/m1/s1. The van der Waals surface area contributed by atoms with Crippen LogP contribution in [0.3, 0.4) is 0 Å². The van der Waals surface area contributed by atoms with Crippen molar-refractivity contribution >= 4 is 23.2 Å². The molecule has 1 saturated carbocycles. The largest absolute Gasteiger partial charge is 0.349 e. The van der Waals surface area contributed by atoms with E-state index < -0.39 is 5.41 Å². The molecule has 2 amide bonds. The van der Waals surface area contributed by atoms with Crippen LogP contribution in [-0.2, 0) is 10.2 Å². The Morgan fingerprint density at radius 1 is 1.28 bits per heavy atom. The lowest BCUT2D eigenvalue weighted by Gasteiger charge is -2.26. The molecular formula is C20H27N5O3S. The second-order valence-corrected chi connectivity index (χ2v) is 9.83. The Balaban J connectivity index is 1.56. The Hall–Kier alpha value is -2.29. The van der Waals surface area contributed by atoms with Crippen LogP contribution in [0.4, 0.5) is 0 Å². The van der Waals surface area contributed by atoms with Crippen LogP contribution in [0.1, 0.15) is 58.8 Å². The summed E-state index contributed by atoms with van der Waals surface area (Å²) >= 11 is 1.42. The van der Waals surface area contributed by atoms with Gasteiger partial charge in [-0.15, -0.1) is 11.3 Å². The molecule has 4 rings (SSSR count). The van der Waals surface area contributed by atoms with Gasteiger partial charge in [0.1, 0.15) is 4.88 Å². The molecule has 0 bridgehead atoms. The van der Waals surface area contributed by atoms with Crippen molar-refractivity contribution in [1.29, 1.82) is 0 Å². The van der Waals surface area contributed by atoms with E-state index in [0.29, 0.717) is 36.1 Å². The molecule has 2 aromatic rings. The maximum Gasteiger partial charge on any atom is 0.263 e. The fraction of sp³-hybridized carbons (Fsp3) is 0.650. The van der Waals surface area contributed by atoms with Crippen molar-refractivity contribution in [1.82, 2.24) is 25.3 Å². The SMILES string of the molecule is Cc1noc([C@]23C[C@H](NC(=O)c4sc(C)nc4C)CC2CN(C(=O)C(C)C)C3)n1. The molecule has 1 aliphatic heterocycles. The average molecular weight is 418 g/mol. The number of likely N-dealkylation sites (tertiary alicyclic amines) is 1. The molecule has 2 aliphatic rings. The first kappa shape index (κ1) is 20.0. The van der Waals surface area contributed by atoms with Crippen molar-refractivity contribution in [3.8, 4) is 0 Å². The van der Waals surface area contributed by atoms with Gasteiger partial charge in [0.15, 0.2) is 5.82 Å². The third-order valence-corrected chi connectivity index (χ3v) is 7.15. The molecule has 29 heavy (non-hydrogen) atoms. The van der Waals surface area contributed by atoms with E-state index in [0.717, 1.165) is 17.1 Å². The minimum Gasteiger partial charge on any atom is -0.349 e. The number of nitrogens with zero attached hydrogens (tertiary/aromatic N) is 4. The number of hydrogen-bond donors (Lipinski definition) is 1. The second kappa shape index (κ2) is 7.19. The zero-order valence-corrected chi connectivity index (χ0v) is 18.3. The maximum absolute atomic E-state index is 12.8. The number of carbonyl (C=O) groups is 2. The van der Waals surface area contributed by atoms with Crippen molar-refractivity contribution < 1.29 is 14.1 Å². The number of nitrogens with one attached hydrogen (secondary N) is 1. The van der Waals surface area contributed by atoms with Gasteiger partial charge < -0.3 is 14.7 Å². The summed E-state index contributed by atoms with van der Waals surface area (Å²) < 4.78 is 5.58. The van der Waals surface area contributed by atoms with Crippen molar-refractivity contribution in [2.24, 2.45) is 11.8 Å². The fourth-order valence-electron chi connectivity index (χ4n) is 4.84. The van der Waals surface area contributed by atoms with Crippen molar-refractivity contribution in [3.63, 3.8) is 0 Å². The Labute approximate surface area is 174 Å². The van der Waals surface area contributed by atoms with Crippen LogP contribution in [0.15, 0.2) is 4.52 Å². The van der Waals surface area contributed by atoms with E-state index in [1.807, 2.05) is 32.6 Å². The summed E-state index contributed by atoms with van der Waals surface area (Å²) in [5, 5.41) is 8.06. The Bertz CT molecular complexity index is 952. The molecule has 3 atom stereocenters. The minimum absolute atomic E-state index is 0.00202. The Morgan fingerprint density at radius 2 is 2.03 bits per heavy atom. The van der Waals surface area contributed by atoms with E-state index in [2.05, 4.69) is 20.4 Å². The molecule has 1 aliphatic carbocycles. The average Bonchev–Trinajstić information content (AvgIpc) is 3.36. The minimum atomic E-state index is -0.400. The summed E-state index contributed by atoms with van der Waals surface area (Å²) in [4.78, 5) is 36.9. The first-order valence-corrected chi connectivity index (χ1v) is 10.9. The Morgan fingerprint density at radius 3 is 2.62 bits per heavy atom. The van der Waals surface area contributed by atoms with Crippen LogP contribution < -0.4 is 5.32 Å². The molecule has 3 heterocycles. The fourth-order valence-corrected chi connectivity index (χ4v) is 5.66. The van der Waals surface area contributed by atoms with Crippen LogP contribution in [0.5, 0.6) is 0 Å². The summed E-state index contributed by atoms with van der Waals surface area (Å²) in [6.07, 6.45) is 1.47. The zero-order valence-electron chi connectivity index (χ0n) is 17.5. The number of fused-ring (bicyclic) bond motifs is 1. The van der Waals surface area contributed by atoms with Gasteiger partial charge in [0.05, 0.1) is 16.1 Å². The number of hydrogen-bond acceptors (Lipinski definition) is 7. The molecule has 8 nitrogen and oxygen atoms in total. The second-order valence-electron chi connectivity index (χ2n) is 8.63. The quantitative estimate of drug-likeness (QED) is 0.820. The van der Waals surface area contributed by atoms with Gasteiger partial charge in [-0.1, -0.05) is 19.0 Å². The van der Waals surface area contributed by atoms with Crippen molar-refractivity contribution in [2.45, 2.75) is 58.9 Å². The third kappa shape index (κ3) is 3.45. The Kier molecular flexibility index (Phi) is 4.96. The number of amides is 2. The molecule has 0 spiro atoms. The molecule has 1 unspecified atom stereocenters. The first-order chi connectivity index (χ1) is 13.7. The highest BCUT2D eigenvalue weighted by Crippen LogP contribution is 2.50. The molecule has 0 aromatic carbocycles. The van der Waals surface area contributed by atoms with E-state index in [1.165, 1.54) is 11.3 Å². The third-order valence-electron chi connectivity index (χ3n) is 6.08. The summed E-state index contributed by atoms with van der Waals surface area (Å²) in [5.74, 6) is 1.37. The smallest absolute Gasteiger partial charge is 0.263 e. The van der Waals surface area contributed by atoms with Gasteiger partial charge in [-0.2, -0.15) is 4.98 Å². The van der Waals surface area contributed by atoms with E-state index in [9.17, 15) is 9.59 Å². The number of aromatic nitrogens is 3. The number of aryl methyl sites for hydroxylation is 3. The van der Waals surface area contributed by atoms with Gasteiger partial charge in [-0.05, 0) is 39.5 Å². The highest BCUT2D eigenvalue weighted by molar-refractivity contribution is 7.13. The van der Waals surface area contributed by atoms with Crippen molar-refractivity contribution in [3.05, 3.63) is 27.3 Å². The lowest BCUT2D eigenvalue weighted by Crippen LogP contribution is -2.40. The van der Waals surface area contributed by atoms with Gasteiger partial charge in [-0.3, -0.25) is 9.59 Å². The first-order valence-electron chi connectivity index (χ1n) is 10.0. The number of carbonyl (C=O) groups excluding carboxylic acids is 2. The highest BCUT2D eigenvalue weighted by atomic mass is 32.1. The summed E-state index contributed by atoms with van der Waals surface area (Å²) in [7, 11) is 0. The molecule has 9 heteroatoms. The van der Waals surface area contributed by atoms with Gasteiger partial charge in [0.25, 0.3) is 5.91 Å². The van der Waals surface area contributed by atoms with Crippen LogP contribution in [0, 0.1) is 32.6 Å². The number of rotatable bonds is 4. The predicted octanol–water partition coefficient (Wildman–Crippen LogP) is 2.40. The van der Waals surface area contributed by atoms with E-state index in [4.69, 9.17) is 4.52 Å². The molecule has 1 N–H and O–H groups in total. The predicted molar refractivity (Wildman–Crippen MR) is 108 cm³/mol. The summed E-state index contributed by atoms with van der Waals surface area (Å²) in [6.45, 7) is 10.6. The lowest BCUT2D eigenvalue weighted by molar-refractivity contribution is -0.133.